The molecule has 0 saturated carbocycles. The van der Waals surface area contributed by atoms with Gasteiger partial charge in [-0.2, -0.15) is 0 Å². The Balaban J connectivity index is 1.58. The van der Waals surface area contributed by atoms with E-state index in [1.54, 1.807) is 54.7 Å². The van der Waals surface area contributed by atoms with Gasteiger partial charge in [-0.25, -0.2) is 4.79 Å². The van der Waals surface area contributed by atoms with E-state index in [1.807, 2.05) is 36.4 Å². The number of methoxy groups -OCH3 is 1. The molecule has 0 radical (unpaired) electrons. The summed E-state index contributed by atoms with van der Waals surface area (Å²) in [5, 5.41) is 0.700. The van der Waals surface area contributed by atoms with Crippen LogP contribution in [0, 0.1) is 0 Å². The molecule has 1 unspecified atom stereocenters. The molecule has 0 N–H and O–H groups in total. The van der Waals surface area contributed by atoms with Gasteiger partial charge in [0.15, 0.2) is 5.78 Å². The number of ether oxygens (including phenoxy) is 1. The van der Waals surface area contributed by atoms with E-state index in [4.69, 9.17) is 4.74 Å². The second-order valence-corrected chi connectivity index (χ2v) is 8.92. The predicted octanol–water partition coefficient (Wildman–Crippen LogP) is 4.73. The Hall–Kier alpha value is -4.52. The monoisotopic (exact) mass is 480 g/mol. The number of imide groups is 1. The Labute approximate surface area is 207 Å². The molecule has 0 bridgehead atoms. The van der Waals surface area contributed by atoms with Crippen LogP contribution in [-0.2, 0) is 26.3 Å². The van der Waals surface area contributed by atoms with E-state index < -0.39 is 17.4 Å². The summed E-state index contributed by atoms with van der Waals surface area (Å²) in [4.78, 5) is 53.9. The molecular formula is C29H24N2O5. The third kappa shape index (κ3) is 3.98. The van der Waals surface area contributed by atoms with Gasteiger partial charge in [0.25, 0.3) is 0 Å². The molecule has 7 heteroatoms. The standard InChI is InChI=1S/C29H24N2O5/c1-36-28(35)30-15-14-22-16-23(12-13-24(22)30)29(17-25(32)21-10-6-3-7-11-21)18-26(33)31(27(29)34)19-20-8-4-2-5-9-20/h2-16H,17-19H2,1H3. The van der Waals surface area contributed by atoms with E-state index >= 15 is 0 Å². The quantitative estimate of drug-likeness (QED) is 0.294. The van der Waals surface area contributed by atoms with Crippen molar-refractivity contribution in [1.29, 1.82) is 0 Å². The number of carbonyl (C=O) groups is 4. The first-order valence-electron chi connectivity index (χ1n) is 11.6. The molecule has 1 saturated heterocycles. The number of Topliss-reactive ketones (excluding diaryl/α,β-unsaturated/α-hetero) is 1. The second kappa shape index (κ2) is 9.26. The number of fused-ring (bicyclic) bond motifs is 1. The zero-order valence-corrected chi connectivity index (χ0v) is 19.7. The zero-order valence-electron chi connectivity index (χ0n) is 19.7. The van der Waals surface area contributed by atoms with Gasteiger partial charge in [-0.05, 0) is 29.3 Å². The summed E-state index contributed by atoms with van der Waals surface area (Å²) in [5.41, 5.74) is 1.13. The molecule has 2 heterocycles. The van der Waals surface area contributed by atoms with E-state index in [1.165, 1.54) is 16.6 Å². The summed E-state index contributed by atoms with van der Waals surface area (Å²) in [6, 6.07) is 25.0. The van der Waals surface area contributed by atoms with Crippen molar-refractivity contribution in [2.45, 2.75) is 24.8 Å². The summed E-state index contributed by atoms with van der Waals surface area (Å²) in [7, 11) is 1.30. The van der Waals surface area contributed by atoms with E-state index in [-0.39, 0.29) is 31.1 Å². The van der Waals surface area contributed by atoms with Gasteiger partial charge >= 0.3 is 6.09 Å². The van der Waals surface area contributed by atoms with Crippen LogP contribution in [0.3, 0.4) is 0 Å². The Bertz CT molecular complexity index is 1480. The molecule has 1 aliphatic rings. The van der Waals surface area contributed by atoms with Gasteiger partial charge in [-0.15, -0.1) is 0 Å². The fraction of sp³-hybridized carbons (Fsp3) is 0.172. The average Bonchev–Trinajstić information content (AvgIpc) is 3.44. The van der Waals surface area contributed by atoms with Crippen molar-refractivity contribution in [1.82, 2.24) is 9.47 Å². The molecule has 1 atom stereocenters. The predicted molar refractivity (Wildman–Crippen MR) is 133 cm³/mol. The van der Waals surface area contributed by atoms with Gasteiger partial charge in [0, 0.05) is 30.0 Å². The number of amides is 2. The number of ketones is 1. The fourth-order valence-corrected chi connectivity index (χ4v) is 4.89. The molecule has 4 aromatic rings. The molecule has 0 aliphatic carbocycles. The zero-order chi connectivity index (χ0) is 25.3. The molecule has 1 aromatic heterocycles. The minimum Gasteiger partial charge on any atom is -0.452 e. The molecule has 1 fully saturated rings. The molecule has 180 valence electrons. The van der Waals surface area contributed by atoms with Crippen LogP contribution in [0.5, 0.6) is 0 Å². The summed E-state index contributed by atoms with van der Waals surface area (Å²) in [5.74, 6) is -0.935. The normalized spacial score (nSPS) is 17.5. The topological polar surface area (TPSA) is 85.7 Å². The van der Waals surface area contributed by atoms with E-state index in [2.05, 4.69) is 0 Å². The van der Waals surface area contributed by atoms with Crippen molar-refractivity contribution in [3.8, 4) is 0 Å². The first-order chi connectivity index (χ1) is 17.4. The maximum Gasteiger partial charge on any atom is 0.418 e. The lowest BCUT2D eigenvalue weighted by Crippen LogP contribution is -2.40. The van der Waals surface area contributed by atoms with Crippen LogP contribution < -0.4 is 0 Å². The van der Waals surface area contributed by atoms with Crippen LogP contribution in [-0.4, -0.2) is 40.3 Å². The van der Waals surface area contributed by atoms with Gasteiger partial charge in [0.2, 0.25) is 11.8 Å². The lowest BCUT2D eigenvalue weighted by atomic mass is 9.74. The van der Waals surface area contributed by atoms with E-state index in [0.717, 1.165) is 5.56 Å². The van der Waals surface area contributed by atoms with Crippen molar-refractivity contribution in [2.75, 3.05) is 7.11 Å². The first-order valence-corrected chi connectivity index (χ1v) is 11.6. The molecule has 0 spiro atoms. The minimum atomic E-state index is -1.35. The maximum absolute atomic E-state index is 14.0. The van der Waals surface area contributed by atoms with Crippen molar-refractivity contribution in [3.05, 3.63) is 108 Å². The van der Waals surface area contributed by atoms with Crippen LogP contribution in [0.1, 0.15) is 34.3 Å². The highest BCUT2D eigenvalue weighted by molar-refractivity contribution is 6.12. The molecular weight excluding hydrogens is 456 g/mol. The summed E-state index contributed by atoms with van der Waals surface area (Å²) < 4.78 is 6.20. The van der Waals surface area contributed by atoms with Crippen LogP contribution in [0.4, 0.5) is 4.79 Å². The Kier molecular flexibility index (Phi) is 5.98. The van der Waals surface area contributed by atoms with Crippen LogP contribution in [0.2, 0.25) is 0 Å². The SMILES string of the molecule is COC(=O)n1ccc2cc(C3(CC(=O)c4ccccc4)CC(=O)N(Cc4ccccc4)C3=O)ccc21. The molecule has 1 aliphatic heterocycles. The highest BCUT2D eigenvalue weighted by Crippen LogP contribution is 2.42. The van der Waals surface area contributed by atoms with Gasteiger partial charge < -0.3 is 4.74 Å². The van der Waals surface area contributed by atoms with Crippen molar-refractivity contribution in [2.24, 2.45) is 0 Å². The average molecular weight is 481 g/mol. The Morgan fingerprint density at radius 1 is 0.917 bits per heavy atom. The number of nitrogens with zero attached hydrogens (tertiary/aromatic N) is 2. The Morgan fingerprint density at radius 3 is 2.31 bits per heavy atom. The van der Waals surface area contributed by atoms with Gasteiger partial charge in [0.05, 0.1) is 24.6 Å². The Morgan fingerprint density at radius 2 is 1.61 bits per heavy atom. The lowest BCUT2D eigenvalue weighted by Gasteiger charge is -2.27. The number of rotatable bonds is 6. The van der Waals surface area contributed by atoms with Crippen LogP contribution in [0.25, 0.3) is 10.9 Å². The van der Waals surface area contributed by atoms with Crippen molar-refractivity contribution >= 4 is 34.6 Å². The van der Waals surface area contributed by atoms with Gasteiger partial charge in [-0.3, -0.25) is 23.9 Å². The third-order valence-corrected chi connectivity index (χ3v) is 6.76. The fourth-order valence-electron chi connectivity index (χ4n) is 4.89. The molecule has 7 nitrogen and oxygen atoms in total. The highest BCUT2D eigenvalue weighted by atomic mass is 16.5. The molecule has 5 rings (SSSR count). The second-order valence-electron chi connectivity index (χ2n) is 8.92. The van der Waals surface area contributed by atoms with Crippen molar-refractivity contribution in [3.63, 3.8) is 0 Å². The van der Waals surface area contributed by atoms with Crippen molar-refractivity contribution < 1.29 is 23.9 Å². The molecule has 2 amide bonds. The highest BCUT2D eigenvalue weighted by Gasteiger charge is 2.53. The minimum absolute atomic E-state index is 0.111. The lowest BCUT2D eigenvalue weighted by molar-refractivity contribution is -0.140. The van der Waals surface area contributed by atoms with Gasteiger partial charge in [-0.1, -0.05) is 66.7 Å². The number of carbonyl (C=O) groups excluding carboxylic acids is 4. The number of hydrogen-bond donors (Lipinski definition) is 0. The third-order valence-electron chi connectivity index (χ3n) is 6.76. The first kappa shape index (κ1) is 23.2. The van der Waals surface area contributed by atoms with Crippen LogP contribution >= 0.6 is 0 Å². The van der Waals surface area contributed by atoms with Crippen LogP contribution in [0.15, 0.2) is 91.1 Å². The number of likely N-dealkylation sites (tertiary alicyclic amines) is 1. The largest absolute Gasteiger partial charge is 0.452 e. The molecule has 36 heavy (non-hydrogen) atoms. The number of benzene rings is 3. The molecule has 3 aromatic carbocycles. The summed E-state index contributed by atoms with van der Waals surface area (Å²) in [6.45, 7) is 0.140. The summed E-state index contributed by atoms with van der Waals surface area (Å²) >= 11 is 0. The number of aromatic nitrogens is 1. The van der Waals surface area contributed by atoms with Gasteiger partial charge in [0.1, 0.15) is 0 Å². The number of hydrogen-bond acceptors (Lipinski definition) is 5. The summed E-state index contributed by atoms with van der Waals surface area (Å²) in [6.07, 6.45) is 0.801. The van der Waals surface area contributed by atoms with E-state index in [0.29, 0.717) is 22.0 Å². The smallest absolute Gasteiger partial charge is 0.418 e. The maximum atomic E-state index is 14.0. The van der Waals surface area contributed by atoms with E-state index in [9.17, 15) is 19.2 Å².